The highest BCUT2D eigenvalue weighted by Gasteiger charge is 2.06. The van der Waals surface area contributed by atoms with Gasteiger partial charge in [0.25, 0.3) is 0 Å². The second-order valence-electron chi connectivity index (χ2n) is 3.87. The first-order valence-electron chi connectivity index (χ1n) is 5.49. The van der Waals surface area contributed by atoms with Crippen LogP contribution < -0.4 is 0 Å². The number of halogens is 1. The van der Waals surface area contributed by atoms with Crippen LogP contribution in [0.4, 0.5) is 0 Å². The maximum absolute atomic E-state index is 11.7. The molecule has 0 spiro atoms. The standard InChI is InChI=1S/C13H17BrOS/c1-3-10(2)16-9-13(15)8-11-4-6-12(14)7-5-11/h4-7,10H,3,8-9H2,1-2H3. The van der Waals surface area contributed by atoms with E-state index in [1.165, 1.54) is 0 Å². The summed E-state index contributed by atoms with van der Waals surface area (Å²) < 4.78 is 1.05. The number of carbonyl (C=O) groups is 1. The number of Topliss-reactive ketones (excluding diaryl/α,β-unsaturated/α-hetero) is 1. The molecule has 1 atom stereocenters. The maximum atomic E-state index is 11.7. The van der Waals surface area contributed by atoms with E-state index in [4.69, 9.17) is 0 Å². The smallest absolute Gasteiger partial charge is 0.147 e. The van der Waals surface area contributed by atoms with E-state index in [0.29, 0.717) is 23.2 Å². The number of hydrogen-bond donors (Lipinski definition) is 0. The van der Waals surface area contributed by atoms with E-state index in [9.17, 15) is 4.79 Å². The molecule has 0 saturated heterocycles. The molecule has 0 N–H and O–H groups in total. The fourth-order valence-electron chi connectivity index (χ4n) is 1.23. The quantitative estimate of drug-likeness (QED) is 0.787. The summed E-state index contributed by atoms with van der Waals surface area (Å²) in [6.45, 7) is 4.31. The molecule has 1 nitrogen and oxygen atoms in total. The topological polar surface area (TPSA) is 17.1 Å². The van der Waals surface area contributed by atoms with Crippen molar-refractivity contribution < 1.29 is 4.79 Å². The summed E-state index contributed by atoms with van der Waals surface area (Å²) in [4.78, 5) is 11.7. The molecule has 0 aromatic heterocycles. The van der Waals surface area contributed by atoms with Crippen molar-refractivity contribution in [3.8, 4) is 0 Å². The molecule has 0 heterocycles. The molecule has 3 heteroatoms. The van der Waals surface area contributed by atoms with Gasteiger partial charge >= 0.3 is 0 Å². The van der Waals surface area contributed by atoms with Gasteiger partial charge in [-0.25, -0.2) is 0 Å². The van der Waals surface area contributed by atoms with Gasteiger partial charge in [-0.15, -0.1) is 0 Å². The lowest BCUT2D eigenvalue weighted by molar-refractivity contribution is -0.116. The largest absolute Gasteiger partial charge is 0.298 e. The summed E-state index contributed by atoms with van der Waals surface area (Å²) in [5.74, 6) is 0.943. The molecule has 16 heavy (non-hydrogen) atoms. The minimum Gasteiger partial charge on any atom is -0.298 e. The Morgan fingerprint density at radius 2 is 2.00 bits per heavy atom. The van der Waals surface area contributed by atoms with Gasteiger partial charge in [0.2, 0.25) is 0 Å². The van der Waals surface area contributed by atoms with Crippen molar-refractivity contribution in [3.05, 3.63) is 34.3 Å². The van der Waals surface area contributed by atoms with Crippen molar-refractivity contribution >= 4 is 33.5 Å². The van der Waals surface area contributed by atoms with E-state index in [-0.39, 0.29) is 0 Å². The maximum Gasteiger partial charge on any atom is 0.147 e. The Hall–Kier alpha value is -0.280. The fraction of sp³-hybridized carbons (Fsp3) is 0.462. The Morgan fingerprint density at radius 3 is 2.56 bits per heavy atom. The first kappa shape index (κ1) is 13.8. The Bertz CT molecular complexity index is 334. The first-order chi connectivity index (χ1) is 7.61. The average molecular weight is 301 g/mol. The van der Waals surface area contributed by atoms with E-state index in [0.717, 1.165) is 16.5 Å². The predicted octanol–water partition coefficient (Wildman–Crippen LogP) is 4.09. The van der Waals surface area contributed by atoms with Crippen LogP contribution in [0.15, 0.2) is 28.7 Å². The summed E-state index contributed by atoms with van der Waals surface area (Å²) in [5.41, 5.74) is 1.10. The van der Waals surface area contributed by atoms with Gasteiger partial charge in [-0.2, -0.15) is 11.8 Å². The molecule has 0 saturated carbocycles. The normalized spacial score (nSPS) is 12.4. The number of carbonyl (C=O) groups excluding carboxylic acids is 1. The van der Waals surface area contributed by atoms with Gasteiger partial charge in [-0.1, -0.05) is 41.9 Å². The number of hydrogen-bond acceptors (Lipinski definition) is 2. The highest BCUT2D eigenvalue weighted by atomic mass is 79.9. The molecule has 1 rings (SSSR count). The lowest BCUT2D eigenvalue weighted by Crippen LogP contribution is -2.08. The van der Waals surface area contributed by atoms with Crippen LogP contribution in [0.2, 0.25) is 0 Å². The zero-order valence-corrected chi connectivity index (χ0v) is 12.1. The average Bonchev–Trinajstić information content (AvgIpc) is 2.29. The molecule has 0 aliphatic heterocycles. The Balaban J connectivity index is 2.37. The van der Waals surface area contributed by atoms with Crippen LogP contribution in [0, 0.1) is 0 Å². The van der Waals surface area contributed by atoms with Gasteiger partial charge in [0, 0.05) is 16.1 Å². The monoisotopic (exact) mass is 300 g/mol. The van der Waals surface area contributed by atoms with Crippen molar-refractivity contribution in [1.82, 2.24) is 0 Å². The van der Waals surface area contributed by atoms with Crippen LogP contribution in [0.1, 0.15) is 25.8 Å². The third-order valence-corrected chi connectivity index (χ3v) is 4.34. The Morgan fingerprint density at radius 1 is 1.38 bits per heavy atom. The summed E-state index contributed by atoms with van der Waals surface area (Å²) in [5, 5.41) is 0.578. The van der Waals surface area contributed by atoms with E-state index in [1.807, 2.05) is 24.3 Å². The lowest BCUT2D eigenvalue weighted by Gasteiger charge is -2.07. The zero-order chi connectivity index (χ0) is 12.0. The molecule has 1 aromatic rings. The second-order valence-corrected chi connectivity index (χ2v) is 6.21. The second kappa shape index (κ2) is 7.13. The fourth-order valence-corrected chi connectivity index (χ4v) is 2.31. The van der Waals surface area contributed by atoms with Crippen molar-refractivity contribution in [3.63, 3.8) is 0 Å². The van der Waals surface area contributed by atoms with Gasteiger partial charge in [0.15, 0.2) is 0 Å². The summed E-state index contributed by atoms with van der Waals surface area (Å²) in [6.07, 6.45) is 1.67. The van der Waals surface area contributed by atoms with Gasteiger partial charge < -0.3 is 0 Å². The SMILES string of the molecule is CCC(C)SCC(=O)Cc1ccc(Br)cc1. The summed E-state index contributed by atoms with van der Waals surface area (Å²) >= 11 is 5.13. The molecule has 0 amide bonds. The third-order valence-electron chi connectivity index (χ3n) is 2.42. The van der Waals surface area contributed by atoms with Gasteiger partial charge in [-0.05, 0) is 24.1 Å². The van der Waals surface area contributed by atoms with Gasteiger partial charge in [-0.3, -0.25) is 4.79 Å². The van der Waals surface area contributed by atoms with Crippen molar-refractivity contribution in [2.24, 2.45) is 0 Å². The zero-order valence-electron chi connectivity index (χ0n) is 9.70. The molecule has 0 aliphatic carbocycles. The van der Waals surface area contributed by atoms with Crippen molar-refractivity contribution in [1.29, 1.82) is 0 Å². The molecule has 0 aliphatic rings. The predicted molar refractivity (Wildman–Crippen MR) is 75.1 cm³/mol. The van der Waals surface area contributed by atoms with Gasteiger partial charge in [0.05, 0.1) is 5.75 Å². The van der Waals surface area contributed by atoms with E-state index >= 15 is 0 Å². The highest BCUT2D eigenvalue weighted by Crippen LogP contribution is 2.15. The number of ketones is 1. The number of thioether (sulfide) groups is 1. The molecule has 88 valence electrons. The van der Waals surface area contributed by atoms with E-state index < -0.39 is 0 Å². The van der Waals surface area contributed by atoms with Crippen LogP contribution >= 0.6 is 27.7 Å². The van der Waals surface area contributed by atoms with Crippen LogP contribution in [-0.4, -0.2) is 16.8 Å². The number of benzene rings is 1. The van der Waals surface area contributed by atoms with Crippen molar-refractivity contribution in [2.45, 2.75) is 31.9 Å². The highest BCUT2D eigenvalue weighted by molar-refractivity contribution is 9.10. The van der Waals surface area contributed by atoms with Crippen LogP contribution in [-0.2, 0) is 11.2 Å². The molecule has 1 aromatic carbocycles. The van der Waals surface area contributed by atoms with Crippen LogP contribution in [0.3, 0.4) is 0 Å². The Kier molecular flexibility index (Phi) is 6.14. The molecule has 1 unspecified atom stereocenters. The third kappa shape index (κ3) is 5.17. The minimum absolute atomic E-state index is 0.313. The lowest BCUT2D eigenvalue weighted by atomic mass is 10.1. The molecule has 0 fully saturated rings. The molecular weight excluding hydrogens is 284 g/mol. The van der Waals surface area contributed by atoms with Crippen LogP contribution in [0.5, 0.6) is 0 Å². The Labute approximate surface area is 110 Å². The molecule has 0 bridgehead atoms. The van der Waals surface area contributed by atoms with Crippen LogP contribution in [0.25, 0.3) is 0 Å². The first-order valence-corrected chi connectivity index (χ1v) is 7.33. The van der Waals surface area contributed by atoms with Crippen molar-refractivity contribution in [2.75, 3.05) is 5.75 Å². The number of rotatable bonds is 6. The molecule has 0 radical (unpaired) electrons. The summed E-state index contributed by atoms with van der Waals surface area (Å²) in [6, 6.07) is 7.95. The van der Waals surface area contributed by atoms with E-state index in [2.05, 4.69) is 29.8 Å². The minimum atomic E-state index is 0.313. The summed E-state index contributed by atoms with van der Waals surface area (Å²) in [7, 11) is 0. The van der Waals surface area contributed by atoms with E-state index in [1.54, 1.807) is 11.8 Å². The molecular formula is C13H17BrOS. The van der Waals surface area contributed by atoms with Gasteiger partial charge in [0.1, 0.15) is 5.78 Å².